The number of rotatable bonds is 3. The van der Waals surface area contributed by atoms with E-state index in [-0.39, 0.29) is 6.04 Å². The van der Waals surface area contributed by atoms with Gasteiger partial charge < -0.3 is 5.32 Å². The number of fused-ring (bicyclic) bond motifs is 1. The Morgan fingerprint density at radius 3 is 2.78 bits per heavy atom. The van der Waals surface area contributed by atoms with E-state index in [9.17, 15) is 0 Å². The normalized spacial score (nSPS) is 12.5. The molecule has 0 aromatic carbocycles. The molecule has 3 rings (SSSR count). The van der Waals surface area contributed by atoms with Gasteiger partial charge in [0.1, 0.15) is 5.82 Å². The summed E-state index contributed by atoms with van der Waals surface area (Å²) in [6.07, 6.45) is 7.21. The first-order chi connectivity index (χ1) is 8.83. The number of aromatic nitrogens is 4. The molecule has 0 aliphatic carbocycles. The fourth-order valence-electron chi connectivity index (χ4n) is 1.85. The van der Waals surface area contributed by atoms with Gasteiger partial charge in [-0.2, -0.15) is 5.10 Å². The predicted molar refractivity (Wildman–Crippen MR) is 69.3 cm³/mol. The van der Waals surface area contributed by atoms with Crippen molar-refractivity contribution in [3.63, 3.8) is 0 Å². The van der Waals surface area contributed by atoms with Crippen LogP contribution in [0.3, 0.4) is 0 Å². The topological polar surface area (TPSA) is 55.1 Å². The van der Waals surface area contributed by atoms with E-state index in [0.29, 0.717) is 0 Å². The van der Waals surface area contributed by atoms with Crippen LogP contribution in [0.2, 0.25) is 0 Å². The molecule has 18 heavy (non-hydrogen) atoms. The van der Waals surface area contributed by atoms with E-state index in [4.69, 9.17) is 0 Å². The van der Waals surface area contributed by atoms with Gasteiger partial charge in [-0.05, 0) is 30.7 Å². The van der Waals surface area contributed by atoms with E-state index in [1.807, 2.05) is 30.5 Å². The quantitative estimate of drug-likeness (QED) is 0.762. The molecule has 3 aromatic heterocycles. The molecular formula is C13H13N5. The number of nitrogens with zero attached hydrogens (tertiary/aromatic N) is 4. The van der Waals surface area contributed by atoms with E-state index in [2.05, 4.69) is 27.3 Å². The Labute approximate surface area is 105 Å². The Bertz CT molecular complexity index is 647. The SMILES string of the molecule is CC(Nc1ccn2nccc2n1)c1ccncc1. The molecular weight excluding hydrogens is 226 g/mol. The van der Waals surface area contributed by atoms with Crippen LogP contribution in [-0.2, 0) is 0 Å². The molecule has 0 saturated heterocycles. The molecule has 0 spiro atoms. The van der Waals surface area contributed by atoms with Crippen molar-refractivity contribution in [3.8, 4) is 0 Å². The third-order valence-electron chi connectivity index (χ3n) is 2.83. The van der Waals surface area contributed by atoms with E-state index in [1.54, 1.807) is 23.1 Å². The summed E-state index contributed by atoms with van der Waals surface area (Å²) < 4.78 is 1.74. The third-order valence-corrected chi connectivity index (χ3v) is 2.83. The summed E-state index contributed by atoms with van der Waals surface area (Å²) in [5.74, 6) is 0.840. The first-order valence-corrected chi connectivity index (χ1v) is 5.80. The third kappa shape index (κ3) is 2.02. The summed E-state index contributed by atoms with van der Waals surface area (Å²) in [6, 6.07) is 7.97. The Hall–Kier alpha value is -2.43. The standard InChI is InChI=1S/C13H13N5/c1-10(11-2-6-14-7-3-11)16-12-5-9-18-13(17-12)4-8-15-18/h2-10H,1H3,(H,16,17). The average Bonchev–Trinajstić information content (AvgIpc) is 2.87. The van der Waals surface area contributed by atoms with Crippen molar-refractivity contribution < 1.29 is 0 Å². The van der Waals surface area contributed by atoms with Crippen molar-refractivity contribution in [2.24, 2.45) is 0 Å². The molecule has 1 N–H and O–H groups in total. The molecule has 3 heterocycles. The zero-order chi connectivity index (χ0) is 12.4. The summed E-state index contributed by atoms with van der Waals surface area (Å²) in [5.41, 5.74) is 2.02. The highest BCUT2D eigenvalue weighted by Gasteiger charge is 2.06. The smallest absolute Gasteiger partial charge is 0.157 e. The lowest BCUT2D eigenvalue weighted by Gasteiger charge is -2.14. The summed E-state index contributed by atoms with van der Waals surface area (Å²) in [4.78, 5) is 8.49. The molecule has 5 heteroatoms. The van der Waals surface area contributed by atoms with E-state index in [0.717, 1.165) is 11.5 Å². The summed E-state index contributed by atoms with van der Waals surface area (Å²) in [6.45, 7) is 2.09. The number of nitrogens with one attached hydrogen (secondary N) is 1. The molecule has 1 unspecified atom stereocenters. The molecule has 0 radical (unpaired) electrons. The van der Waals surface area contributed by atoms with Crippen LogP contribution in [0, 0.1) is 0 Å². The average molecular weight is 239 g/mol. The van der Waals surface area contributed by atoms with Gasteiger partial charge >= 0.3 is 0 Å². The van der Waals surface area contributed by atoms with Crippen molar-refractivity contribution in [2.45, 2.75) is 13.0 Å². The lowest BCUT2D eigenvalue weighted by atomic mass is 10.1. The van der Waals surface area contributed by atoms with Gasteiger partial charge in [0.25, 0.3) is 0 Å². The van der Waals surface area contributed by atoms with Crippen molar-refractivity contribution in [3.05, 3.63) is 54.6 Å². The molecule has 0 saturated carbocycles. The monoisotopic (exact) mass is 239 g/mol. The van der Waals surface area contributed by atoms with Crippen LogP contribution in [0.5, 0.6) is 0 Å². The zero-order valence-electron chi connectivity index (χ0n) is 9.99. The zero-order valence-corrected chi connectivity index (χ0v) is 9.99. The van der Waals surface area contributed by atoms with Crippen LogP contribution in [0.4, 0.5) is 5.82 Å². The van der Waals surface area contributed by atoms with Gasteiger partial charge in [-0.25, -0.2) is 9.50 Å². The number of hydrogen-bond donors (Lipinski definition) is 1. The van der Waals surface area contributed by atoms with Gasteiger partial charge in [-0.3, -0.25) is 4.98 Å². The molecule has 5 nitrogen and oxygen atoms in total. The Kier molecular flexibility index (Phi) is 2.64. The van der Waals surface area contributed by atoms with Gasteiger partial charge in [-0.1, -0.05) is 0 Å². The molecule has 3 aromatic rings. The van der Waals surface area contributed by atoms with E-state index >= 15 is 0 Å². The van der Waals surface area contributed by atoms with Crippen LogP contribution < -0.4 is 5.32 Å². The summed E-state index contributed by atoms with van der Waals surface area (Å²) in [7, 11) is 0. The summed E-state index contributed by atoms with van der Waals surface area (Å²) in [5, 5.41) is 7.48. The first kappa shape index (κ1) is 10.7. The first-order valence-electron chi connectivity index (χ1n) is 5.80. The predicted octanol–water partition coefficient (Wildman–Crippen LogP) is 2.30. The minimum absolute atomic E-state index is 0.186. The van der Waals surface area contributed by atoms with Crippen molar-refractivity contribution in [1.29, 1.82) is 0 Å². The van der Waals surface area contributed by atoms with E-state index < -0.39 is 0 Å². The molecule has 90 valence electrons. The van der Waals surface area contributed by atoms with Gasteiger partial charge in [0.15, 0.2) is 5.65 Å². The number of pyridine rings is 1. The van der Waals surface area contributed by atoms with Crippen LogP contribution in [-0.4, -0.2) is 19.6 Å². The fraction of sp³-hybridized carbons (Fsp3) is 0.154. The van der Waals surface area contributed by atoms with Gasteiger partial charge in [0.05, 0.1) is 12.2 Å². The maximum Gasteiger partial charge on any atom is 0.157 e. The molecule has 0 amide bonds. The Balaban J connectivity index is 1.83. The minimum Gasteiger partial charge on any atom is -0.363 e. The highest BCUT2D eigenvalue weighted by atomic mass is 15.2. The minimum atomic E-state index is 0.186. The Morgan fingerprint density at radius 1 is 1.11 bits per heavy atom. The molecule has 0 bridgehead atoms. The number of hydrogen-bond acceptors (Lipinski definition) is 4. The van der Waals surface area contributed by atoms with Gasteiger partial charge in [-0.15, -0.1) is 0 Å². The van der Waals surface area contributed by atoms with Gasteiger partial charge in [0, 0.05) is 24.7 Å². The van der Waals surface area contributed by atoms with Crippen LogP contribution in [0.1, 0.15) is 18.5 Å². The van der Waals surface area contributed by atoms with Gasteiger partial charge in [0.2, 0.25) is 0 Å². The molecule has 1 atom stereocenters. The van der Waals surface area contributed by atoms with Crippen molar-refractivity contribution in [2.75, 3.05) is 5.32 Å². The van der Waals surface area contributed by atoms with E-state index in [1.165, 1.54) is 5.56 Å². The van der Waals surface area contributed by atoms with Crippen LogP contribution in [0.15, 0.2) is 49.1 Å². The highest BCUT2D eigenvalue weighted by molar-refractivity contribution is 5.46. The molecule has 0 fully saturated rings. The Morgan fingerprint density at radius 2 is 1.94 bits per heavy atom. The number of anilines is 1. The lowest BCUT2D eigenvalue weighted by Crippen LogP contribution is -2.08. The van der Waals surface area contributed by atoms with Crippen LogP contribution in [0.25, 0.3) is 5.65 Å². The van der Waals surface area contributed by atoms with Crippen LogP contribution >= 0.6 is 0 Å². The highest BCUT2D eigenvalue weighted by Crippen LogP contribution is 2.17. The fourth-order valence-corrected chi connectivity index (χ4v) is 1.85. The molecule has 0 aliphatic rings. The maximum atomic E-state index is 4.47. The second kappa shape index (κ2) is 4.44. The summed E-state index contributed by atoms with van der Waals surface area (Å²) >= 11 is 0. The second-order valence-electron chi connectivity index (χ2n) is 4.09. The lowest BCUT2D eigenvalue weighted by molar-refractivity contribution is 0.864. The maximum absolute atomic E-state index is 4.47. The van der Waals surface area contributed by atoms with Crippen molar-refractivity contribution >= 4 is 11.5 Å². The van der Waals surface area contributed by atoms with Crippen molar-refractivity contribution in [1.82, 2.24) is 19.6 Å². The molecule has 0 aliphatic heterocycles. The largest absolute Gasteiger partial charge is 0.363 e. The second-order valence-corrected chi connectivity index (χ2v) is 4.09.